The zero-order chi connectivity index (χ0) is 22.6. The topological polar surface area (TPSA) is 75.7 Å². The zero-order valence-electron chi connectivity index (χ0n) is 17.6. The number of nitrogens with zero attached hydrogens (tertiary/aromatic N) is 1. The highest BCUT2D eigenvalue weighted by Crippen LogP contribution is 2.32. The van der Waals surface area contributed by atoms with Crippen molar-refractivity contribution in [1.29, 1.82) is 0 Å². The first-order chi connectivity index (χ1) is 14.0. The lowest BCUT2D eigenvalue weighted by Gasteiger charge is -2.30. The molecule has 0 aliphatic carbocycles. The maximum Gasteiger partial charge on any atom is 0.244 e. The van der Waals surface area contributed by atoms with Gasteiger partial charge in [-0.3, -0.25) is 9.10 Å². The van der Waals surface area contributed by atoms with Crippen molar-refractivity contribution < 1.29 is 17.9 Å². The average molecular weight is 473 g/mol. The number of carbonyl (C=O) groups excluding carboxylic acids is 1. The highest BCUT2D eigenvalue weighted by atomic mass is 35.5. The predicted octanol–water partition coefficient (Wildman–Crippen LogP) is 4.73. The number of anilines is 1. The van der Waals surface area contributed by atoms with Crippen LogP contribution in [0.5, 0.6) is 5.75 Å². The second-order valence-electron chi connectivity index (χ2n) is 7.03. The molecule has 0 saturated heterocycles. The van der Waals surface area contributed by atoms with Crippen molar-refractivity contribution in [2.24, 2.45) is 0 Å². The van der Waals surface area contributed by atoms with Gasteiger partial charge in [0, 0.05) is 5.02 Å². The number of amides is 1. The molecule has 0 bridgehead atoms. The Morgan fingerprint density at radius 1 is 1.20 bits per heavy atom. The summed E-state index contributed by atoms with van der Waals surface area (Å²) in [6.07, 6.45) is 1.65. The molecule has 0 fully saturated rings. The van der Waals surface area contributed by atoms with Gasteiger partial charge in [-0.15, -0.1) is 0 Å². The number of ether oxygens (including phenoxy) is 1. The molecule has 0 radical (unpaired) electrons. The van der Waals surface area contributed by atoms with Crippen molar-refractivity contribution in [1.82, 2.24) is 5.32 Å². The second kappa shape index (κ2) is 9.90. The molecule has 164 valence electrons. The van der Waals surface area contributed by atoms with Gasteiger partial charge >= 0.3 is 0 Å². The van der Waals surface area contributed by atoms with Crippen LogP contribution in [0.2, 0.25) is 10.0 Å². The summed E-state index contributed by atoms with van der Waals surface area (Å²) in [5.74, 6) is 0.309. The SMILES string of the molecule is CC[C@@H](NC(=O)[C@@H](C)N(c1cc(Cl)ccc1Cl)S(C)(=O)=O)c1ccc(OC)c(C)c1. The third kappa shape index (κ3) is 5.59. The van der Waals surface area contributed by atoms with Gasteiger partial charge in [-0.05, 0) is 55.7 Å². The van der Waals surface area contributed by atoms with Gasteiger partial charge in [-0.25, -0.2) is 8.42 Å². The van der Waals surface area contributed by atoms with Gasteiger partial charge in [0.1, 0.15) is 11.8 Å². The zero-order valence-corrected chi connectivity index (χ0v) is 19.9. The van der Waals surface area contributed by atoms with Gasteiger partial charge in [0.2, 0.25) is 15.9 Å². The highest BCUT2D eigenvalue weighted by Gasteiger charge is 2.31. The van der Waals surface area contributed by atoms with E-state index in [0.717, 1.165) is 27.4 Å². The molecule has 2 aromatic rings. The van der Waals surface area contributed by atoms with Crippen LogP contribution in [-0.2, 0) is 14.8 Å². The molecule has 0 unspecified atom stereocenters. The molecule has 0 saturated carbocycles. The average Bonchev–Trinajstić information content (AvgIpc) is 2.67. The van der Waals surface area contributed by atoms with Crippen LogP contribution in [0, 0.1) is 6.92 Å². The maximum absolute atomic E-state index is 13.0. The minimum atomic E-state index is -3.81. The molecule has 1 amide bonds. The first-order valence-electron chi connectivity index (χ1n) is 9.39. The third-order valence-electron chi connectivity index (χ3n) is 4.78. The molecule has 0 aliphatic rings. The number of sulfonamides is 1. The summed E-state index contributed by atoms with van der Waals surface area (Å²) in [7, 11) is -2.21. The molecular formula is C21H26Cl2N2O4S. The van der Waals surface area contributed by atoms with Crippen LogP contribution in [0.1, 0.15) is 37.4 Å². The Balaban J connectivity index is 2.34. The summed E-state index contributed by atoms with van der Waals surface area (Å²) in [5.41, 5.74) is 2.00. The van der Waals surface area contributed by atoms with Crippen LogP contribution in [-0.4, -0.2) is 33.7 Å². The molecule has 30 heavy (non-hydrogen) atoms. The normalized spacial score (nSPS) is 13.4. The van der Waals surface area contributed by atoms with Crippen molar-refractivity contribution in [2.75, 3.05) is 17.7 Å². The van der Waals surface area contributed by atoms with Gasteiger partial charge in [-0.1, -0.05) is 42.3 Å². The van der Waals surface area contributed by atoms with Gasteiger partial charge in [0.05, 0.1) is 30.1 Å². The predicted molar refractivity (Wildman–Crippen MR) is 122 cm³/mol. The lowest BCUT2D eigenvalue weighted by Crippen LogP contribution is -2.48. The van der Waals surface area contributed by atoms with Crippen LogP contribution in [0.4, 0.5) is 5.69 Å². The molecule has 0 heterocycles. The van der Waals surface area contributed by atoms with E-state index in [2.05, 4.69) is 5.32 Å². The highest BCUT2D eigenvalue weighted by molar-refractivity contribution is 7.92. The van der Waals surface area contributed by atoms with Crippen LogP contribution >= 0.6 is 23.2 Å². The van der Waals surface area contributed by atoms with E-state index in [-0.39, 0.29) is 16.8 Å². The maximum atomic E-state index is 13.0. The fourth-order valence-electron chi connectivity index (χ4n) is 3.27. The fraction of sp³-hybridized carbons (Fsp3) is 0.381. The van der Waals surface area contributed by atoms with E-state index in [9.17, 15) is 13.2 Å². The smallest absolute Gasteiger partial charge is 0.244 e. The van der Waals surface area contributed by atoms with E-state index < -0.39 is 22.0 Å². The molecule has 9 heteroatoms. The fourth-order valence-corrected chi connectivity index (χ4v) is 4.87. The number of benzene rings is 2. The van der Waals surface area contributed by atoms with Gasteiger partial charge in [0.25, 0.3) is 0 Å². The molecule has 0 aliphatic heterocycles. The van der Waals surface area contributed by atoms with Crippen molar-refractivity contribution in [3.05, 3.63) is 57.6 Å². The van der Waals surface area contributed by atoms with Crippen LogP contribution in [0.25, 0.3) is 0 Å². The van der Waals surface area contributed by atoms with Gasteiger partial charge in [0.15, 0.2) is 0 Å². The second-order valence-corrected chi connectivity index (χ2v) is 9.73. The summed E-state index contributed by atoms with van der Waals surface area (Å²) >= 11 is 12.2. The number of carbonyl (C=O) groups is 1. The molecule has 1 N–H and O–H groups in total. The molecule has 0 aromatic heterocycles. The number of methoxy groups -OCH3 is 1. The molecule has 0 spiro atoms. The summed E-state index contributed by atoms with van der Waals surface area (Å²) < 4.78 is 31.3. The number of aryl methyl sites for hydroxylation is 1. The van der Waals surface area contributed by atoms with Gasteiger partial charge < -0.3 is 10.1 Å². The Morgan fingerprint density at radius 2 is 1.87 bits per heavy atom. The summed E-state index contributed by atoms with van der Waals surface area (Å²) in [4.78, 5) is 13.0. The molecular weight excluding hydrogens is 447 g/mol. The Hall–Kier alpha value is -1.96. The number of halogens is 2. The Bertz CT molecular complexity index is 1030. The number of hydrogen-bond donors (Lipinski definition) is 1. The van der Waals surface area contributed by atoms with Crippen LogP contribution in [0.15, 0.2) is 36.4 Å². The van der Waals surface area contributed by atoms with E-state index in [1.54, 1.807) is 13.2 Å². The van der Waals surface area contributed by atoms with Crippen molar-refractivity contribution in [3.63, 3.8) is 0 Å². The number of nitrogens with one attached hydrogen (secondary N) is 1. The van der Waals surface area contributed by atoms with Crippen molar-refractivity contribution in [2.45, 2.75) is 39.3 Å². The minimum absolute atomic E-state index is 0.155. The van der Waals surface area contributed by atoms with Crippen LogP contribution < -0.4 is 14.4 Å². The van der Waals surface area contributed by atoms with Crippen LogP contribution in [0.3, 0.4) is 0 Å². The Morgan fingerprint density at radius 3 is 2.40 bits per heavy atom. The Labute approximate surface area is 188 Å². The summed E-state index contributed by atoms with van der Waals surface area (Å²) in [6, 6.07) is 8.82. The first-order valence-corrected chi connectivity index (χ1v) is 12.0. The lowest BCUT2D eigenvalue weighted by molar-refractivity contribution is -0.122. The number of rotatable bonds is 8. The lowest BCUT2D eigenvalue weighted by atomic mass is 10.0. The van der Waals surface area contributed by atoms with Crippen molar-refractivity contribution in [3.8, 4) is 5.75 Å². The largest absolute Gasteiger partial charge is 0.496 e. The molecule has 2 aromatic carbocycles. The van der Waals surface area contributed by atoms with Gasteiger partial charge in [-0.2, -0.15) is 0 Å². The third-order valence-corrected chi connectivity index (χ3v) is 6.56. The van der Waals surface area contributed by atoms with E-state index in [1.165, 1.54) is 19.1 Å². The van der Waals surface area contributed by atoms with E-state index in [0.29, 0.717) is 11.4 Å². The Kier molecular flexibility index (Phi) is 8.02. The minimum Gasteiger partial charge on any atom is -0.496 e. The number of hydrogen-bond acceptors (Lipinski definition) is 4. The monoisotopic (exact) mass is 472 g/mol. The van der Waals surface area contributed by atoms with E-state index in [4.69, 9.17) is 27.9 Å². The quantitative estimate of drug-likeness (QED) is 0.602. The van der Waals surface area contributed by atoms with Crippen molar-refractivity contribution >= 4 is 44.8 Å². The van der Waals surface area contributed by atoms with E-state index >= 15 is 0 Å². The summed E-state index contributed by atoms with van der Waals surface area (Å²) in [6.45, 7) is 5.38. The molecule has 6 nitrogen and oxygen atoms in total. The first kappa shape index (κ1) is 24.3. The standard InChI is InChI=1S/C21H26Cl2N2O4S/c1-6-18(15-7-10-20(29-4)13(2)11-15)24-21(26)14(3)25(30(5,27)28)19-12-16(22)8-9-17(19)23/h7-12,14,18H,6H2,1-5H3,(H,24,26)/t14-,18-/m1/s1. The van der Waals surface area contributed by atoms with E-state index in [1.807, 2.05) is 32.0 Å². The molecule has 2 atom stereocenters. The molecule has 2 rings (SSSR count). The summed E-state index contributed by atoms with van der Waals surface area (Å²) in [5, 5.41) is 3.44.